The van der Waals surface area contributed by atoms with Gasteiger partial charge in [0.05, 0.1) is 25.9 Å². The third kappa shape index (κ3) is 6.02. The fourth-order valence-corrected chi connectivity index (χ4v) is 5.29. The van der Waals surface area contributed by atoms with Crippen LogP contribution in [0.25, 0.3) is 33.9 Å². The summed E-state index contributed by atoms with van der Waals surface area (Å²) in [5, 5.41) is 12.5. The van der Waals surface area contributed by atoms with Crippen LogP contribution in [0.15, 0.2) is 65.2 Å². The smallest absolute Gasteiger partial charge is 0.270 e. The number of aromatic nitrogens is 6. The summed E-state index contributed by atoms with van der Waals surface area (Å²) in [6.45, 7) is 4.75. The number of nitrogens with zero attached hydrogens (tertiary/aromatic N) is 6. The van der Waals surface area contributed by atoms with E-state index in [1.165, 1.54) is 0 Å². The number of methoxy groups -OCH3 is 2. The molecule has 0 aliphatic rings. The zero-order valence-electron chi connectivity index (χ0n) is 26.6. The summed E-state index contributed by atoms with van der Waals surface area (Å²) in [5.74, 6) is 1.32. The first-order chi connectivity index (χ1) is 22.8. The number of aryl methyl sites for hydroxylation is 3. The number of hydrogen-bond donors (Lipinski definition) is 1. The molecule has 0 radical (unpaired) electrons. The summed E-state index contributed by atoms with van der Waals surface area (Å²) in [6.07, 6.45) is 2.18. The quantitative estimate of drug-likeness (QED) is 0.179. The van der Waals surface area contributed by atoms with Gasteiger partial charge in [0.1, 0.15) is 40.9 Å². The fourth-order valence-electron chi connectivity index (χ4n) is 5.29. The lowest BCUT2D eigenvalue weighted by molar-refractivity contribution is 0.0945. The van der Waals surface area contributed by atoms with Gasteiger partial charge in [0.15, 0.2) is 23.5 Å². The third-order valence-corrected chi connectivity index (χ3v) is 7.70. The number of rotatable bonds is 12. The lowest BCUT2D eigenvalue weighted by Crippen LogP contribution is -2.24. The van der Waals surface area contributed by atoms with Crippen LogP contribution in [0.1, 0.15) is 44.8 Å². The molecule has 47 heavy (non-hydrogen) atoms. The van der Waals surface area contributed by atoms with Crippen LogP contribution in [0, 0.1) is 6.92 Å². The lowest BCUT2D eigenvalue weighted by Gasteiger charge is -2.12. The Morgan fingerprint density at radius 2 is 1.85 bits per heavy atom. The standard InChI is InChI=1S/C34H33N7O6/c1-6-41-31(32(20(2)39-41)46-19-21-10-8-7-9-11-21)34-38-30(28(18-42)47-34)29-24-17-36-40(3)26(24)15-25(37-29)33(43)35-16-22-12-13-23(44-4)14-27(22)45-5/h7-15,17-18H,6,16,19H2,1-5H3,(H,35,43). The maximum atomic E-state index is 13.5. The number of nitrogens with one attached hydrogen (secondary N) is 1. The Kier molecular flexibility index (Phi) is 8.69. The van der Waals surface area contributed by atoms with Crippen molar-refractivity contribution in [1.29, 1.82) is 0 Å². The zero-order valence-corrected chi connectivity index (χ0v) is 26.6. The van der Waals surface area contributed by atoms with Gasteiger partial charge in [-0.3, -0.25) is 19.0 Å². The van der Waals surface area contributed by atoms with Crippen molar-refractivity contribution >= 4 is 23.1 Å². The molecule has 2 aromatic carbocycles. The van der Waals surface area contributed by atoms with Crippen LogP contribution in [0.4, 0.5) is 0 Å². The first kappa shape index (κ1) is 31.0. The van der Waals surface area contributed by atoms with Gasteiger partial charge >= 0.3 is 0 Å². The van der Waals surface area contributed by atoms with E-state index in [0.717, 1.165) is 11.1 Å². The first-order valence-corrected chi connectivity index (χ1v) is 14.9. The predicted molar refractivity (Wildman–Crippen MR) is 173 cm³/mol. The summed E-state index contributed by atoms with van der Waals surface area (Å²) in [4.78, 5) is 35.3. The van der Waals surface area contributed by atoms with Crippen LogP contribution in [0.3, 0.4) is 0 Å². The normalized spacial score (nSPS) is 11.1. The van der Waals surface area contributed by atoms with E-state index in [2.05, 4.69) is 20.5 Å². The molecule has 13 nitrogen and oxygen atoms in total. The summed E-state index contributed by atoms with van der Waals surface area (Å²) in [5.41, 5.74) is 4.01. The Morgan fingerprint density at radius 3 is 2.57 bits per heavy atom. The zero-order chi connectivity index (χ0) is 33.1. The number of pyridine rings is 1. The average molecular weight is 636 g/mol. The van der Waals surface area contributed by atoms with Crippen molar-refractivity contribution in [3.8, 4) is 40.2 Å². The van der Waals surface area contributed by atoms with Gasteiger partial charge in [-0.25, -0.2) is 9.97 Å². The van der Waals surface area contributed by atoms with Crippen molar-refractivity contribution in [3.05, 3.63) is 89.1 Å². The monoisotopic (exact) mass is 635 g/mol. The van der Waals surface area contributed by atoms with Gasteiger partial charge in [0.2, 0.25) is 5.89 Å². The Morgan fingerprint density at radius 1 is 1.04 bits per heavy atom. The highest BCUT2D eigenvalue weighted by molar-refractivity contribution is 6.01. The van der Waals surface area contributed by atoms with Crippen molar-refractivity contribution < 1.29 is 28.2 Å². The van der Waals surface area contributed by atoms with Gasteiger partial charge in [0.25, 0.3) is 5.91 Å². The van der Waals surface area contributed by atoms with Crippen molar-refractivity contribution in [3.63, 3.8) is 0 Å². The van der Waals surface area contributed by atoms with Crippen molar-refractivity contribution in [2.45, 2.75) is 33.5 Å². The maximum Gasteiger partial charge on any atom is 0.270 e. The molecule has 4 aromatic heterocycles. The number of fused-ring (bicyclic) bond motifs is 1. The van der Waals surface area contributed by atoms with Crippen LogP contribution in [0.5, 0.6) is 17.2 Å². The molecule has 0 saturated heterocycles. The molecule has 0 aliphatic heterocycles. The van der Waals surface area contributed by atoms with Crippen LogP contribution in [-0.4, -0.2) is 55.9 Å². The minimum absolute atomic E-state index is 0.0614. The highest BCUT2D eigenvalue weighted by Gasteiger charge is 2.28. The Bertz CT molecular complexity index is 2080. The van der Waals surface area contributed by atoms with E-state index in [1.807, 2.05) is 50.2 Å². The lowest BCUT2D eigenvalue weighted by atomic mass is 10.1. The topological polar surface area (TPSA) is 148 Å². The summed E-state index contributed by atoms with van der Waals surface area (Å²) in [6, 6.07) is 16.7. The number of hydrogen-bond acceptors (Lipinski definition) is 10. The second kappa shape index (κ2) is 13.2. The largest absolute Gasteiger partial charge is 0.497 e. The predicted octanol–water partition coefficient (Wildman–Crippen LogP) is 5.15. The molecule has 13 heteroatoms. The third-order valence-electron chi connectivity index (χ3n) is 7.70. The van der Waals surface area contributed by atoms with Gasteiger partial charge in [-0.2, -0.15) is 10.2 Å². The molecule has 1 N–H and O–H groups in total. The maximum absolute atomic E-state index is 13.5. The summed E-state index contributed by atoms with van der Waals surface area (Å²) in [7, 11) is 4.87. The minimum atomic E-state index is -0.445. The van der Waals surface area contributed by atoms with E-state index in [-0.39, 0.29) is 35.3 Å². The molecule has 1 amide bonds. The van der Waals surface area contributed by atoms with E-state index in [9.17, 15) is 9.59 Å². The van der Waals surface area contributed by atoms with Crippen molar-refractivity contribution in [1.82, 2.24) is 34.8 Å². The van der Waals surface area contributed by atoms with Crippen LogP contribution < -0.4 is 19.5 Å². The van der Waals surface area contributed by atoms with Gasteiger partial charge < -0.3 is 23.9 Å². The fraction of sp³-hybridized carbons (Fsp3) is 0.235. The number of oxazole rings is 1. The molecular formula is C34H33N7O6. The molecule has 0 atom stereocenters. The highest BCUT2D eigenvalue weighted by Crippen LogP contribution is 2.37. The molecule has 240 valence electrons. The molecule has 4 heterocycles. The Labute approximate surface area is 270 Å². The van der Waals surface area contributed by atoms with E-state index in [4.69, 9.17) is 23.6 Å². The van der Waals surface area contributed by atoms with Gasteiger partial charge in [-0.1, -0.05) is 30.3 Å². The van der Waals surface area contributed by atoms with Crippen LogP contribution >= 0.6 is 0 Å². The van der Waals surface area contributed by atoms with Crippen LogP contribution in [0.2, 0.25) is 0 Å². The summed E-state index contributed by atoms with van der Waals surface area (Å²) < 4.78 is 26.3. The molecular weight excluding hydrogens is 602 g/mol. The highest BCUT2D eigenvalue weighted by atomic mass is 16.5. The second-order valence-electron chi connectivity index (χ2n) is 10.6. The Hall–Kier alpha value is -5.98. The van der Waals surface area contributed by atoms with Gasteiger partial charge in [-0.15, -0.1) is 0 Å². The number of carbonyl (C=O) groups is 2. The van der Waals surface area contributed by atoms with Crippen molar-refractivity contribution in [2.75, 3.05) is 14.2 Å². The number of amides is 1. The summed E-state index contributed by atoms with van der Waals surface area (Å²) >= 11 is 0. The number of carbonyl (C=O) groups excluding carboxylic acids is 2. The molecule has 0 fully saturated rings. The van der Waals surface area contributed by atoms with Gasteiger partial charge in [-0.05, 0) is 37.6 Å². The number of ether oxygens (including phenoxy) is 3. The van der Waals surface area contributed by atoms with Crippen molar-refractivity contribution in [2.24, 2.45) is 7.05 Å². The molecule has 0 spiro atoms. The van der Waals surface area contributed by atoms with Crippen LogP contribution in [-0.2, 0) is 26.7 Å². The van der Waals surface area contributed by atoms with E-state index < -0.39 is 5.91 Å². The molecule has 0 bridgehead atoms. The molecule has 0 aliphatic carbocycles. The number of benzene rings is 2. The van der Waals surface area contributed by atoms with E-state index >= 15 is 0 Å². The Balaban J connectivity index is 1.38. The molecule has 0 saturated carbocycles. The molecule has 6 rings (SSSR count). The molecule has 6 aromatic rings. The first-order valence-electron chi connectivity index (χ1n) is 14.9. The second-order valence-corrected chi connectivity index (χ2v) is 10.6. The van der Waals surface area contributed by atoms with E-state index in [1.54, 1.807) is 55.0 Å². The SMILES string of the molecule is CCn1nc(C)c(OCc2ccccc2)c1-c1nc(-c2nc(C(=O)NCc3ccc(OC)cc3OC)cc3c2cnn3C)c(C=O)o1. The van der Waals surface area contributed by atoms with Gasteiger partial charge in [0, 0.05) is 37.2 Å². The minimum Gasteiger partial charge on any atom is -0.497 e. The van der Waals surface area contributed by atoms with E-state index in [0.29, 0.717) is 59.0 Å². The average Bonchev–Trinajstić information content (AvgIpc) is 3.80. The number of aldehydes is 1. The molecule has 0 unspecified atom stereocenters.